The second-order valence-corrected chi connectivity index (χ2v) is 6.56. The van der Waals surface area contributed by atoms with Crippen LogP contribution in [0.25, 0.3) is 11.1 Å². The number of hydrogen-bond acceptors (Lipinski definition) is 5. The minimum absolute atomic E-state index is 0.168. The zero-order valence-electron chi connectivity index (χ0n) is 13.0. The van der Waals surface area contributed by atoms with Gasteiger partial charge in [-0.1, -0.05) is 30.3 Å². The van der Waals surface area contributed by atoms with Gasteiger partial charge >= 0.3 is 5.97 Å². The third-order valence-electron chi connectivity index (χ3n) is 3.34. The molecule has 0 saturated carbocycles. The topological polar surface area (TPSA) is 119 Å². The largest absolute Gasteiger partial charge is 0.478 e. The number of methoxy groups -OCH3 is 1. The van der Waals surface area contributed by atoms with Gasteiger partial charge in [-0.3, -0.25) is 0 Å². The molecule has 0 aromatic heterocycles. The summed E-state index contributed by atoms with van der Waals surface area (Å²) in [5.74, 6) is -1.24. The molecule has 128 valence electrons. The van der Waals surface area contributed by atoms with Crippen molar-refractivity contribution in [1.29, 1.82) is 0 Å². The highest BCUT2D eigenvalue weighted by molar-refractivity contribution is 7.89. The fourth-order valence-corrected chi connectivity index (χ4v) is 3.10. The van der Waals surface area contributed by atoms with Crippen molar-refractivity contribution in [2.45, 2.75) is 4.90 Å². The maximum Gasteiger partial charge on any atom is 0.335 e. The third-order valence-corrected chi connectivity index (χ3v) is 4.27. The Balaban J connectivity index is 2.73. The van der Waals surface area contributed by atoms with Crippen LogP contribution in [0.4, 0.5) is 5.69 Å². The van der Waals surface area contributed by atoms with Crippen molar-refractivity contribution >= 4 is 21.7 Å². The van der Waals surface area contributed by atoms with Crippen LogP contribution in [0.15, 0.2) is 47.4 Å². The highest BCUT2D eigenvalue weighted by Gasteiger charge is 2.22. The van der Waals surface area contributed by atoms with E-state index in [9.17, 15) is 18.3 Å². The Kier molecular flexibility index (Phi) is 5.55. The van der Waals surface area contributed by atoms with E-state index in [0.29, 0.717) is 30.0 Å². The van der Waals surface area contributed by atoms with E-state index in [-0.39, 0.29) is 10.5 Å². The van der Waals surface area contributed by atoms with Gasteiger partial charge in [-0.15, -0.1) is 0 Å². The van der Waals surface area contributed by atoms with E-state index in [1.165, 1.54) is 13.2 Å². The first-order chi connectivity index (χ1) is 11.3. The lowest BCUT2D eigenvalue weighted by molar-refractivity contribution is 0.0696. The summed E-state index contributed by atoms with van der Waals surface area (Å²) in [5, 5.41) is 17.6. The molecule has 0 radical (unpaired) electrons. The number of aromatic carboxylic acids is 1. The number of nitrogens with one attached hydrogen (secondary N) is 1. The molecule has 2 rings (SSSR count). The van der Waals surface area contributed by atoms with E-state index in [1.54, 1.807) is 30.3 Å². The molecule has 2 aromatic carbocycles. The van der Waals surface area contributed by atoms with Gasteiger partial charge < -0.3 is 15.2 Å². The molecule has 0 aliphatic carbocycles. The number of benzene rings is 2. The number of rotatable bonds is 7. The zero-order chi connectivity index (χ0) is 17.7. The molecule has 7 nitrogen and oxygen atoms in total. The Hall–Kier alpha value is -2.42. The average Bonchev–Trinajstić information content (AvgIpc) is 2.54. The molecule has 0 bridgehead atoms. The van der Waals surface area contributed by atoms with E-state index in [2.05, 4.69) is 5.32 Å². The number of carboxylic acids is 1. The van der Waals surface area contributed by atoms with Crippen molar-refractivity contribution in [3.63, 3.8) is 0 Å². The summed E-state index contributed by atoms with van der Waals surface area (Å²) < 4.78 is 29.0. The molecule has 24 heavy (non-hydrogen) atoms. The third kappa shape index (κ3) is 4.10. The summed E-state index contributed by atoms with van der Waals surface area (Å²) in [6.45, 7) is 0.750. The number of nitrogens with two attached hydrogens (primary N) is 1. The minimum atomic E-state index is -4.13. The number of anilines is 1. The van der Waals surface area contributed by atoms with Gasteiger partial charge in [-0.2, -0.15) is 0 Å². The summed E-state index contributed by atoms with van der Waals surface area (Å²) in [4.78, 5) is 11.1. The highest BCUT2D eigenvalue weighted by Crippen LogP contribution is 2.35. The zero-order valence-corrected chi connectivity index (χ0v) is 13.8. The summed E-state index contributed by atoms with van der Waals surface area (Å²) in [6, 6.07) is 11.2. The molecule has 4 N–H and O–H groups in total. The molecule has 0 amide bonds. The maximum absolute atomic E-state index is 12.0. The normalized spacial score (nSPS) is 11.2. The van der Waals surface area contributed by atoms with Crippen molar-refractivity contribution in [3.05, 3.63) is 48.0 Å². The molecule has 8 heteroatoms. The molecule has 0 aliphatic heterocycles. The lowest BCUT2D eigenvalue weighted by Crippen LogP contribution is -2.17. The van der Waals surface area contributed by atoms with E-state index in [0.717, 1.165) is 6.07 Å². The Morgan fingerprint density at radius 1 is 1.25 bits per heavy atom. The highest BCUT2D eigenvalue weighted by atomic mass is 32.2. The van der Waals surface area contributed by atoms with Gasteiger partial charge in [-0.05, 0) is 17.7 Å². The quantitative estimate of drug-likeness (QED) is 0.655. The molecular formula is C16H18N2O5S. The first-order valence-electron chi connectivity index (χ1n) is 7.07. The fourth-order valence-electron chi connectivity index (χ4n) is 2.29. The molecule has 0 fully saturated rings. The van der Waals surface area contributed by atoms with E-state index in [4.69, 9.17) is 9.88 Å². The number of carbonyl (C=O) groups is 1. The van der Waals surface area contributed by atoms with Crippen LogP contribution in [0.5, 0.6) is 0 Å². The summed E-state index contributed by atoms with van der Waals surface area (Å²) in [5.41, 5.74) is 1.14. The van der Waals surface area contributed by atoms with Crippen molar-refractivity contribution < 1.29 is 23.1 Å². The summed E-state index contributed by atoms with van der Waals surface area (Å²) in [6.07, 6.45) is 0. The van der Waals surface area contributed by atoms with Crippen LogP contribution >= 0.6 is 0 Å². The van der Waals surface area contributed by atoms with Crippen molar-refractivity contribution in [2.75, 3.05) is 25.6 Å². The molecule has 0 heterocycles. The van der Waals surface area contributed by atoms with Gasteiger partial charge in [0.15, 0.2) is 0 Å². The molecule has 0 spiro atoms. The second-order valence-electron chi connectivity index (χ2n) is 5.03. The Morgan fingerprint density at radius 2 is 1.92 bits per heavy atom. The Bertz CT molecular complexity index is 835. The van der Waals surface area contributed by atoms with Crippen molar-refractivity contribution in [3.8, 4) is 11.1 Å². The van der Waals surface area contributed by atoms with Crippen molar-refractivity contribution in [1.82, 2.24) is 0 Å². The Labute approximate surface area is 140 Å². The van der Waals surface area contributed by atoms with Gasteiger partial charge in [0.1, 0.15) is 0 Å². The predicted octanol–water partition coefficient (Wildman–Crippen LogP) is 1.76. The molecule has 0 atom stereocenters. The van der Waals surface area contributed by atoms with Crippen LogP contribution in [0.3, 0.4) is 0 Å². The second kappa shape index (κ2) is 7.43. The lowest BCUT2D eigenvalue weighted by Gasteiger charge is -2.17. The number of ether oxygens (including phenoxy) is 1. The fraction of sp³-hybridized carbons (Fsp3) is 0.188. The van der Waals surface area contributed by atoms with Crippen molar-refractivity contribution in [2.24, 2.45) is 5.14 Å². The van der Waals surface area contributed by atoms with Gasteiger partial charge in [-0.25, -0.2) is 18.4 Å². The monoisotopic (exact) mass is 350 g/mol. The summed E-state index contributed by atoms with van der Waals surface area (Å²) >= 11 is 0. The van der Waals surface area contributed by atoms with Crippen LogP contribution in [-0.2, 0) is 14.8 Å². The number of hydrogen-bond donors (Lipinski definition) is 3. The van der Waals surface area contributed by atoms with Crippen LogP contribution < -0.4 is 10.5 Å². The van der Waals surface area contributed by atoms with E-state index >= 15 is 0 Å². The maximum atomic E-state index is 12.0. The molecule has 0 saturated heterocycles. The van der Waals surface area contributed by atoms with Gasteiger partial charge in [0.25, 0.3) is 0 Å². The van der Waals surface area contributed by atoms with Gasteiger partial charge in [0.05, 0.1) is 17.1 Å². The van der Waals surface area contributed by atoms with E-state index in [1.807, 2.05) is 0 Å². The van der Waals surface area contributed by atoms with Crippen LogP contribution in [0, 0.1) is 0 Å². The first-order valence-corrected chi connectivity index (χ1v) is 8.61. The predicted molar refractivity (Wildman–Crippen MR) is 90.6 cm³/mol. The van der Waals surface area contributed by atoms with Crippen LogP contribution in [0.2, 0.25) is 0 Å². The number of carboxylic acid groups (broad SMARTS) is 1. The van der Waals surface area contributed by atoms with E-state index < -0.39 is 16.0 Å². The Morgan fingerprint density at radius 3 is 2.46 bits per heavy atom. The molecule has 2 aromatic rings. The molecular weight excluding hydrogens is 332 g/mol. The minimum Gasteiger partial charge on any atom is -0.478 e. The molecule has 0 unspecified atom stereocenters. The first kappa shape index (κ1) is 17.9. The SMILES string of the molecule is COCCNc1cc(C(=O)O)cc(S(N)(=O)=O)c1-c1ccccc1. The van der Waals surface area contributed by atoms with Gasteiger partial charge in [0, 0.05) is 24.9 Å². The van der Waals surface area contributed by atoms with Gasteiger partial charge in [0.2, 0.25) is 10.0 Å². The number of sulfonamides is 1. The number of primary sulfonamides is 1. The molecule has 0 aliphatic rings. The van der Waals surface area contributed by atoms with Crippen LogP contribution in [-0.4, -0.2) is 39.8 Å². The standard InChI is InChI=1S/C16H18N2O5S/c1-23-8-7-18-13-9-12(16(19)20)10-14(24(17,21)22)15(13)11-5-3-2-4-6-11/h2-6,9-10,18H,7-8H2,1H3,(H,19,20)(H2,17,21,22). The summed E-state index contributed by atoms with van der Waals surface area (Å²) in [7, 11) is -2.59. The smallest absolute Gasteiger partial charge is 0.335 e. The van der Waals surface area contributed by atoms with Crippen LogP contribution in [0.1, 0.15) is 10.4 Å². The average molecular weight is 350 g/mol. The lowest BCUT2D eigenvalue weighted by atomic mass is 10.0.